The van der Waals surface area contributed by atoms with Crippen molar-refractivity contribution in [2.75, 3.05) is 19.9 Å². The molecular weight excluding hydrogens is 465 g/mol. The van der Waals surface area contributed by atoms with Gasteiger partial charge in [-0.3, -0.25) is 9.69 Å². The van der Waals surface area contributed by atoms with E-state index in [0.717, 1.165) is 48.6 Å². The van der Waals surface area contributed by atoms with Crippen molar-refractivity contribution in [2.45, 2.75) is 32.5 Å². The fourth-order valence-corrected chi connectivity index (χ4v) is 4.58. The average Bonchev–Trinajstić information content (AvgIpc) is 3.57. The molecule has 33 heavy (non-hydrogen) atoms. The summed E-state index contributed by atoms with van der Waals surface area (Å²) in [5.74, 6) is 1.87. The number of fused-ring (bicyclic) bond motifs is 1. The lowest BCUT2D eigenvalue weighted by Gasteiger charge is -2.22. The van der Waals surface area contributed by atoms with Crippen LogP contribution in [-0.4, -0.2) is 40.6 Å². The molecule has 1 saturated heterocycles. The van der Waals surface area contributed by atoms with Crippen molar-refractivity contribution in [3.05, 3.63) is 75.4 Å². The molecule has 9 heteroatoms. The summed E-state index contributed by atoms with van der Waals surface area (Å²) in [5.41, 5.74) is 2.32. The molecule has 3 aromatic rings. The molecule has 2 aliphatic heterocycles. The maximum Gasteiger partial charge on any atom is 0.275 e. The van der Waals surface area contributed by atoms with Crippen LogP contribution in [0.4, 0.5) is 0 Å². The predicted molar refractivity (Wildman–Crippen MR) is 124 cm³/mol. The van der Waals surface area contributed by atoms with E-state index in [9.17, 15) is 4.79 Å². The first kappa shape index (κ1) is 22.1. The number of hydrogen-bond donors (Lipinski definition) is 0. The molecule has 1 amide bonds. The first-order chi connectivity index (χ1) is 16.0. The zero-order chi connectivity index (χ0) is 22.8. The molecule has 0 unspecified atom stereocenters. The van der Waals surface area contributed by atoms with Gasteiger partial charge in [0.15, 0.2) is 17.2 Å². The normalized spacial score (nSPS) is 14.9. The summed E-state index contributed by atoms with van der Waals surface area (Å²) in [4.78, 5) is 21.1. The van der Waals surface area contributed by atoms with Gasteiger partial charge in [0, 0.05) is 36.2 Å². The fourth-order valence-electron chi connectivity index (χ4n) is 4.11. The smallest absolute Gasteiger partial charge is 0.275 e. The second kappa shape index (κ2) is 9.63. The van der Waals surface area contributed by atoms with Crippen molar-refractivity contribution in [3.8, 4) is 11.5 Å². The van der Waals surface area contributed by atoms with Crippen molar-refractivity contribution in [2.24, 2.45) is 0 Å². The van der Waals surface area contributed by atoms with E-state index in [2.05, 4.69) is 9.88 Å². The SMILES string of the molecule is O=C(c1coc(CN(Cc2ccc3c(c2)OCO3)Cc2ccc(Cl)cc2Cl)n1)N1CCCC1. The number of carbonyl (C=O) groups is 1. The lowest BCUT2D eigenvalue weighted by Crippen LogP contribution is -2.28. The minimum absolute atomic E-state index is 0.0782. The van der Waals surface area contributed by atoms with E-state index < -0.39 is 0 Å². The number of halogens is 2. The van der Waals surface area contributed by atoms with Gasteiger partial charge in [0.05, 0.1) is 6.54 Å². The largest absolute Gasteiger partial charge is 0.454 e. The van der Waals surface area contributed by atoms with Crippen LogP contribution in [0.5, 0.6) is 11.5 Å². The quantitative estimate of drug-likeness (QED) is 0.459. The third-order valence-corrected chi connectivity index (χ3v) is 6.36. The van der Waals surface area contributed by atoms with Crippen molar-refractivity contribution in [1.82, 2.24) is 14.8 Å². The standard InChI is InChI=1S/C24H23Cl2N3O4/c25-18-5-4-17(19(26)10-18)12-28(11-16-3-6-21-22(9-16)33-15-32-21)13-23-27-20(14-31-23)24(30)29-7-1-2-8-29/h3-6,9-10,14H,1-2,7-8,11-13,15H2. The number of aromatic nitrogens is 1. The van der Waals surface area contributed by atoms with Gasteiger partial charge in [-0.2, -0.15) is 0 Å². The van der Waals surface area contributed by atoms with E-state index in [-0.39, 0.29) is 12.7 Å². The van der Waals surface area contributed by atoms with Crippen LogP contribution < -0.4 is 9.47 Å². The molecule has 0 saturated carbocycles. The number of nitrogens with zero attached hydrogens (tertiary/aromatic N) is 3. The molecule has 7 nitrogen and oxygen atoms in total. The van der Waals surface area contributed by atoms with E-state index in [1.807, 2.05) is 35.2 Å². The van der Waals surface area contributed by atoms with Crippen LogP contribution in [0.25, 0.3) is 0 Å². The van der Waals surface area contributed by atoms with Crippen molar-refractivity contribution < 1.29 is 18.7 Å². The summed E-state index contributed by atoms with van der Waals surface area (Å²) in [6, 6.07) is 11.3. The lowest BCUT2D eigenvalue weighted by atomic mass is 10.1. The van der Waals surface area contributed by atoms with Crippen molar-refractivity contribution in [1.29, 1.82) is 0 Å². The van der Waals surface area contributed by atoms with Crippen LogP contribution in [0.1, 0.15) is 40.3 Å². The minimum atomic E-state index is -0.0782. The maximum atomic E-state index is 12.6. The second-order valence-corrected chi connectivity index (χ2v) is 9.04. The molecule has 0 bridgehead atoms. The molecule has 0 spiro atoms. The summed E-state index contributed by atoms with van der Waals surface area (Å²) in [7, 11) is 0. The second-order valence-electron chi connectivity index (χ2n) is 8.19. The maximum absolute atomic E-state index is 12.6. The first-order valence-electron chi connectivity index (χ1n) is 10.8. The molecule has 172 valence electrons. The molecule has 2 aliphatic rings. The summed E-state index contributed by atoms with van der Waals surface area (Å²) < 4.78 is 16.6. The fraction of sp³-hybridized carbons (Fsp3) is 0.333. The van der Waals surface area contributed by atoms with Gasteiger partial charge in [-0.25, -0.2) is 4.98 Å². The summed E-state index contributed by atoms with van der Waals surface area (Å²) >= 11 is 12.5. The van der Waals surface area contributed by atoms with Gasteiger partial charge >= 0.3 is 0 Å². The Labute approximate surface area is 201 Å². The Morgan fingerprint density at radius 1 is 1.00 bits per heavy atom. The van der Waals surface area contributed by atoms with Gasteiger partial charge in [0.1, 0.15) is 6.26 Å². The summed E-state index contributed by atoms with van der Waals surface area (Å²) in [5, 5.41) is 1.18. The highest BCUT2D eigenvalue weighted by atomic mass is 35.5. The molecule has 1 fully saturated rings. The lowest BCUT2D eigenvalue weighted by molar-refractivity contribution is 0.0787. The number of likely N-dealkylation sites (tertiary alicyclic amines) is 1. The van der Waals surface area contributed by atoms with E-state index >= 15 is 0 Å². The highest BCUT2D eigenvalue weighted by Crippen LogP contribution is 2.33. The molecule has 5 rings (SSSR count). The Hall–Kier alpha value is -2.74. The Morgan fingerprint density at radius 3 is 2.64 bits per heavy atom. The van der Waals surface area contributed by atoms with Gasteiger partial charge in [-0.1, -0.05) is 35.3 Å². The minimum Gasteiger partial charge on any atom is -0.454 e. The van der Waals surface area contributed by atoms with Gasteiger partial charge in [-0.05, 0) is 48.2 Å². The molecule has 0 atom stereocenters. The van der Waals surface area contributed by atoms with Gasteiger partial charge in [0.25, 0.3) is 5.91 Å². The Kier molecular flexibility index (Phi) is 6.44. The third-order valence-electron chi connectivity index (χ3n) is 5.78. The van der Waals surface area contributed by atoms with Crippen LogP contribution in [0.2, 0.25) is 10.0 Å². The van der Waals surface area contributed by atoms with Crippen LogP contribution >= 0.6 is 23.2 Å². The van der Waals surface area contributed by atoms with Crippen molar-refractivity contribution >= 4 is 29.1 Å². The van der Waals surface area contributed by atoms with Crippen LogP contribution in [0, 0.1) is 0 Å². The van der Waals surface area contributed by atoms with Gasteiger partial charge in [0.2, 0.25) is 12.7 Å². The summed E-state index contributed by atoms with van der Waals surface area (Å²) in [6.07, 6.45) is 3.51. The highest BCUT2D eigenvalue weighted by Gasteiger charge is 2.23. The third kappa shape index (κ3) is 5.11. The molecule has 0 N–H and O–H groups in total. The average molecular weight is 488 g/mol. The van der Waals surface area contributed by atoms with Crippen LogP contribution in [-0.2, 0) is 19.6 Å². The number of ether oxygens (including phenoxy) is 2. The molecule has 0 aliphatic carbocycles. The van der Waals surface area contributed by atoms with E-state index in [0.29, 0.717) is 41.3 Å². The number of oxazole rings is 1. The topological polar surface area (TPSA) is 68.0 Å². The van der Waals surface area contributed by atoms with E-state index in [1.165, 1.54) is 6.26 Å². The number of carbonyl (C=O) groups excluding carboxylic acids is 1. The Bertz CT molecular complexity index is 1160. The number of benzene rings is 2. The molecule has 1 aromatic heterocycles. The number of rotatable bonds is 7. The van der Waals surface area contributed by atoms with Gasteiger partial charge < -0.3 is 18.8 Å². The zero-order valence-electron chi connectivity index (χ0n) is 17.9. The monoisotopic (exact) mass is 487 g/mol. The number of amides is 1. The highest BCUT2D eigenvalue weighted by molar-refractivity contribution is 6.35. The van der Waals surface area contributed by atoms with Crippen LogP contribution in [0.15, 0.2) is 47.1 Å². The Balaban J connectivity index is 1.35. The number of hydrogen-bond acceptors (Lipinski definition) is 6. The Morgan fingerprint density at radius 2 is 1.82 bits per heavy atom. The molecule has 0 radical (unpaired) electrons. The molecule has 2 aromatic carbocycles. The first-order valence-corrected chi connectivity index (χ1v) is 11.6. The van der Waals surface area contributed by atoms with Gasteiger partial charge in [-0.15, -0.1) is 0 Å². The molecular formula is C24H23Cl2N3O4. The van der Waals surface area contributed by atoms with Crippen molar-refractivity contribution in [3.63, 3.8) is 0 Å². The van der Waals surface area contributed by atoms with E-state index in [4.69, 9.17) is 37.1 Å². The van der Waals surface area contributed by atoms with E-state index in [1.54, 1.807) is 6.07 Å². The zero-order valence-corrected chi connectivity index (χ0v) is 19.4. The summed E-state index contributed by atoms with van der Waals surface area (Å²) in [6.45, 7) is 3.31. The molecule has 3 heterocycles. The van der Waals surface area contributed by atoms with Crippen LogP contribution in [0.3, 0.4) is 0 Å². The predicted octanol–water partition coefficient (Wildman–Crippen LogP) is 5.15.